The Hall–Kier alpha value is -3.36. The summed E-state index contributed by atoms with van der Waals surface area (Å²) in [6, 6.07) is 14.3. The number of nitrogens with one attached hydrogen (secondary N) is 1. The number of ether oxygens (including phenoxy) is 1. The number of carboxylic acid groups (broad SMARTS) is 1. The molecule has 0 saturated carbocycles. The molecule has 10 heteroatoms. The van der Waals surface area contributed by atoms with E-state index in [1.54, 1.807) is 6.07 Å². The summed E-state index contributed by atoms with van der Waals surface area (Å²) < 4.78 is 6.94. The number of hydrogen-bond donors (Lipinski definition) is 2. The number of benzene rings is 2. The van der Waals surface area contributed by atoms with Gasteiger partial charge < -0.3 is 15.2 Å². The van der Waals surface area contributed by atoms with Gasteiger partial charge in [-0.05, 0) is 23.8 Å². The summed E-state index contributed by atoms with van der Waals surface area (Å²) in [5.41, 5.74) is 1.79. The molecule has 0 spiro atoms. The molecule has 2 aromatic heterocycles. The van der Waals surface area contributed by atoms with Gasteiger partial charge in [0.2, 0.25) is 0 Å². The third-order valence-corrected chi connectivity index (χ3v) is 4.79. The summed E-state index contributed by atoms with van der Waals surface area (Å²) in [4.78, 5) is 24.6. The zero-order valence-electron chi connectivity index (χ0n) is 15.4. The minimum absolute atomic E-state index is 0.173. The molecule has 4 aromatic rings. The van der Waals surface area contributed by atoms with E-state index in [1.807, 2.05) is 30.3 Å². The van der Waals surface area contributed by atoms with E-state index in [-0.39, 0.29) is 10.8 Å². The molecule has 0 radical (unpaired) electrons. The smallest absolute Gasteiger partial charge is 0.367 e. The molecule has 1 unspecified atom stereocenters. The Kier molecular flexibility index (Phi) is 5.69. The van der Waals surface area contributed by atoms with Crippen LogP contribution in [0.15, 0.2) is 61.2 Å². The van der Waals surface area contributed by atoms with Crippen molar-refractivity contribution in [3.63, 3.8) is 0 Å². The highest BCUT2D eigenvalue weighted by atomic mass is 35.5. The van der Waals surface area contributed by atoms with Crippen molar-refractivity contribution >= 4 is 46.2 Å². The van der Waals surface area contributed by atoms with Crippen LogP contribution >= 0.6 is 23.2 Å². The minimum atomic E-state index is -1.44. The SMILES string of the molecule is O=C(O)C(Oc1ccc(Cl)cc1Cl)n1cnc2c(NCc3ccccc3)ncnc21. The molecule has 0 amide bonds. The molecule has 4 rings (SSSR count). The van der Waals surface area contributed by atoms with Gasteiger partial charge in [0.05, 0.1) is 5.02 Å². The van der Waals surface area contributed by atoms with Gasteiger partial charge in [-0.15, -0.1) is 0 Å². The molecule has 2 aromatic carbocycles. The quantitative estimate of drug-likeness (QED) is 0.436. The fourth-order valence-electron chi connectivity index (χ4n) is 2.85. The van der Waals surface area contributed by atoms with Gasteiger partial charge in [-0.25, -0.2) is 19.7 Å². The average Bonchev–Trinajstić information content (AvgIpc) is 3.16. The Balaban J connectivity index is 1.64. The molecule has 0 aliphatic carbocycles. The van der Waals surface area contributed by atoms with E-state index in [2.05, 4.69) is 20.3 Å². The summed E-state index contributed by atoms with van der Waals surface area (Å²) in [7, 11) is 0. The van der Waals surface area contributed by atoms with Crippen LogP contribution in [0.1, 0.15) is 11.8 Å². The van der Waals surface area contributed by atoms with Crippen molar-refractivity contribution in [2.45, 2.75) is 12.8 Å². The number of aromatic nitrogens is 4. The highest BCUT2D eigenvalue weighted by Gasteiger charge is 2.26. The van der Waals surface area contributed by atoms with E-state index in [0.717, 1.165) is 5.56 Å². The van der Waals surface area contributed by atoms with Crippen LogP contribution in [-0.2, 0) is 11.3 Å². The molecular formula is C20H15Cl2N5O3. The Morgan fingerprint density at radius 2 is 1.93 bits per heavy atom. The van der Waals surface area contributed by atoms with Gasteiger partial charge in [0, 0.05) is 11.6 Å². The van der Waals surface area contributed by atoms with Crippen LogP contribution in [0, 0.1) is 0 Å². The van der Waals surface area contributed by atoms with Crippen molar-refractivity contribution in [1.29, 1.82) is 0 Å². The number of nitrogens with zero attached hydrogens (tertiary/aromatic N) is 4. The van der Waals surface area contributed by atoms with Crippen molar-refractivity contribution < 1.29 is 14.6 Å². The molecule has 2 heterocycles. The van der Waals surface area contributed by atoms with Crippen molar-refractivity contribution in [2.24, 2.45) is 0 Å². The molecule has 0 aliphatic rings. The Bertz CT molecular complexity index is 1200. The molecule has 152 valence electrons. The first-order valence-electron chi connectivity index (χ1n) is 8.83. The summed E-state index contributed by atoms with van der Waals surface area (Å²) in [5, 5.41) is 13.5. The Morgan fingerprint density at radius 3 is 2.67 bits per heavy atom. The second-order valence-corrected chi connectivity index (χ2v) is 7.11. The first-order valence-corrected chi connectivity index (χ1v) is 9.58. The first-order chi connectivity index (χ1) is 14.5. The van der Waals surface area contributed by atoms with Gasteiger partial charge in [0.15, 0.2) is 17.0 Å². The zero-order valence-corrected chi connectivity index (χ0v) is 16.9. The van der Waals surface area contributed by atoms with Crippen LogP contribution in [0.4, 0.5) is 5.82 Å². The number of fused-ring (bicyclic) bond motifs is 1. The van der Waals surface area contributed by atoms with Gasteiger partial charge >= 0.3 is 5.97 Å². The first kappa shape index (κ1) is 19.9. The number of carbonyl (C=O) groups is 1. The lowest BCUT2D eigenvalue weighted by molar-refractivity contribution is -0.149. The molecule has 0 saturated heterocycles. The standard InChI is InChI=1S/C20H15Cl2N5O3/c21-13-6-7-15(14(22)8-13)30-19(20(28)29)27-11-26-16-17(24-10-25-18(16)27)23-9-12-4-2-1-3-5-12/h1-8,10-11,19H,9H2,(H,28,29)(H,23,24,25). The summed E-state index contributed by atoms with van der Waals surface area (Å²) in [6.45, 7) is 0.527. The number of halogens is 2. The van der Waals surface area contributed by atoms with Crippen LogP contribution in [0.3, 0.4) is 0 Å². The molecule has 8 nitrogen and oxygen atoms in total. The predicted octanol–water partition coefficient (Wildman–Crippen LogP) is 4.41. The van der Waals surface area contributed by atoms with Crippen molar-refractivity contribution in [3.05, 3.63) is 76.8 Å². The van der Waals surface area contributed by atoms with E-state index >= 15 is 0 Å². The summed E-state index contributed by atoms with van der Waals surface area (Å²) in [5.74, 6) is -0.583. The molecule has 0 aliphatic heterocycles. The van der Waals surface area contributed by atoms with Gasteiger partial charge in [0.1, 0.15) is 18.4 Å². The van der Waals surface area contributed by atoms with E-state index in [4.69, 9.17) is 27.9 Å². The van der Waals surface area contributed by atoms with E-state index in [1.165, 1.54) is 29.4 Å². The van der Waals surface area contributed by atoms with Crippen LogP contribution < -0.4 is 10.1 Å². The molecule has 30 heavy (non-hydrogen) atoms. The molecule has 0 fully saturated rings. The van der Waals surface area contributed by atoms with Gasteiger partial charge in [0.25, 0.3) is 6.23 Å². The highest BCUT2D eigenvalue weighted by molar-refractivity contribution is 6.35. The third kappa shape index (κ3) is 4.14. The second kappa shape index (κ2) is 8.56. The molecule has 1 atom stereocenters. The maximum Gasteiger partial charge on any atom is 0.367 e. The lowest BCUT2D eigenvalue weighted by Crippen LogP contribution is -2.24. The van der Waals surface area contributed by atoms with Crippen LogP contribution in [0.25, 0.3) is 11.2 Å². The summed E-state index contributed by atoms with van der Waals surface area (Å²) >= 11 is 12.0. The number of carboxylic acids is 1. The maximum atomic E-state index is 11.9. The van der Waals surface area contributed by atoms with Gasteiger partial charge in [-0.3, -0.25) is 4.57 Å². The number of aliphatic carboxylic acids is 1. The second-order valence-electron chi connectivity index (χ2n) is 6.27. The van der Waals surface area contributed by atoms with Crippen LogP contribution in [-0.4, -0.2) is 30.6 Å². The minimum Gasteiger partial charge on any atom is -0.477 e. The van der Waals surface area contributed by atoms with Crippen molar-refractivity contribution in [3.8, 4) is 5.75 Å². The Morgan fingerprint density at radius 1 is 1.13 bits per heavy atom. The maximum absolute atomic E-state index is 11.9. The number of imidazole rings is 1. The predicted molar refractivity (Wildman–Crippen MR) is 113 cm³/mol. The lowest BCUT2D eigenvalue weighted by Gasteiger charge is -2.17. The summed E-state index contributed by atoms with van der Waals surface area (Å²) in [6.07, 6.45) is 1.24. The van der Waals surface area contributed by atoms with Gasteiger partial charge in [-0.1, -0.05) is 53.5 Å². The number of anilines is 1. The Labute approximate surface area is 181 Å². The largest absolute Gasteiger partial charge is 0.477 e. The van der Waals surface area contributed by atoms with Crippen molar-refractivity contribution in [2.75, 3.05) is 5.32 Å². The lowest BCUT2D eigenvalue weighted by atomic mass is 10.2. The molecule has 0 bridgehead atoms. The number of hydrogen-bond acceptors (Lipinski definition) is 6. The average molecular weight is 444 g/mol. The fourth-order valence-corrected chi connectivity index (χ4v) is 3.30. The zero-order chi connectivity index (χ0) is 21.1. The third-order valence-electron chi connectivity index (χ3n) is 4.26. The molecule has 2 N–H and O–H groups in total. The van der Waals surface area contributed by atoms with E-state index in [0.29, 0.717) is 28.5 Å². The topological polar surface area (TPSA) is 102 Å². The van der Waals surface area contributed by atoms with Crippen LogP contribution in [0.5, 0.6) is 5.75 Å². The monoisotopic (exact) mass is 443 g/mol. The van der Waals surface area contributed by atoms with Crippen molar-refractivity contribution in [1.82, 2.24) is 19.5 Å². The van der Waals surface area contributed by atoms with Gasteiger partial charge in [-0.2, -0.15) is 0 Å². The van der Waals surface area contributed by atoms with E-state index in [9.17, 15) is 9.90 Å². The van der Waals surface area contributed by atoms with Crippen LogP contribution in [0.2, 0.25) is 10.0 Å². The fraction of sp³-hybridized carbons (Fsp3) is 0.100. The number of rotatable bonds is 7. The molecular weight excluding hydrogens is 429 g/mol. The van der Waals surface area contributed by atoms with E-state index < -0.39 is 12.2 Å². The normalized spacial score (nSPS) is 11.9. The highest BCUT2D eigenvalue weighted by Crippen LogP contribution is 2.31.